The van der Waals surface area contributed by atoms with Crippen molar-refractivity contribution in [2.75, 3.05) is 25.2 Å². The number of nitro groups is 1. The van der Waals surface area contributed by atoms with Crippen LogP contribution in [0.15, 0.2) is 42.5 Å². The largest absolute Gasteiger partial charge is 0.496 e. The lowest BCUT2D eigenvalue weighted by Gasteiger charge is -2.15. The topological polar surface area (TPSA) is 116 Å². The van der Waals surface area contributed by atoms with Gasteiger partial charge in [-0.1, -0.05) is 0 Å². The molecule has 9 heteroatoms. The summed E-state index contributed by atoms with van der Waals surface area (Å²) < 4.78 is 10.0. The highest BCUT2D eigenvalue weighted by Gasteiger charge is 2.22. The number of non-ortho nitro benzene ring substituents is 1. The Morgan fingerprint density at radius 1 is 1.17 bits per heavy atom. The van der Waals surface area contributed by atoms with Gasteiger partial charge in [0.25, 0.3) is 5.69 Å². The molecule has 1 amide bonds. The third-order valence-electron chi connectivity index (χ3n) is 4.52. The summed E-state index contributed by atoms with van der Waals surface area (Å²) in [6.45, 7) is 0.113. The van der Waals surface area contributed by atoms with Gasteiger partial charge < -0.3 is 14.4 Å². The number of hydrogen-bond acceptors (Lipinski definition) is 7. The molecule has 1 aliphatic heterocycles. The molecule has 3 rings (SSSR count). The summed E-state index contributed by atoms with van der Waals surface area (Å²) in [5.41, 5.74) is 0.593. The van der Waals surface area contributed by atoms with Gasteiger partial charge in [0.15, 0.2) is 12.4 Å². The van der Waals surface area contributed by atoms with E-state index in [0.29, 0.717) is 24.2 Å². The van der Waals surface area contributed by atoms with Gasteiger partial charge in [-0.25, -0.2) is 4.79 Å². The Hall–Kier alpha value is -3.75. The molecule has 0 atom stereocenters. The van der Waals surface area contributed by atoms with Gasteiger partial charge >= 0.3 is 5.97 Å². The Morgan fingerprint density at radius 2 is 1.90 bits per heavy atom. The van der Waals surface area contributed by atoms with Gasteiger partial charge in [0.2, 0.25) is 5.91 Å². The number of methoxy groups -OCH3 is 1. The van der Waals surface area contributed by atoms with Crippen LogP contribution >= 0.6 is 0 Å². The molecular weight excluding hydrogens is 380 g/mol. The highest BCUT2D eigenvalue weighted by atomic mass is 16.6. The van der Waals surface area contributed by atoms with Gasteiger partial charge in [0.1, 0.15) is 11.3 Å². The number of ketones is 1. The van der Waals surface area contributed by atoms with Crippen LogP contribution in [0.5, 0.6) is 5.75 Å². The van der Waals surface area contributed by atoms with E-state index >= 15 is 0 Å². The smallest absolute Gasteiger partial charge is 0.342 e. The third-order valence-corrected chi connectivity index (χ3v) is 4.52. The fraction of sp³-hybridized carbons (Fsp3) is 0.250. The molecule has 1 aliphatic rings. The lowest BCUT2D eigenvalue weighted by Crippen LogP contribution is -2.23. The number of hydrogen-bond donors (Lipinski definition) is 0. The van der Waals surface area contributed by atoms with Crippen molar-refractivity contribution >= 4 is 29.0 Å². The number of anilines is 1. The molecule has 2 aromatic rings. The molecule has 0 unspecified atom stereocenters. The molecule has 0 aliphatic carbocycles. The minimum absolute atomic E-state index is 0.0453. The van der Waals surface area contributed by atoms with Crippen LogP contribution in [-0.4, -0.2) is 42.8 Å². The van der Waals surface area contributed by atoms with E-state index in [4.69, 9.17) is 9.47 Å². The van der Waals surface area contributed by atoms with Crippen molar-refractivity contribution in [1.82, 2.24) is 0 Å². The van der Waals surface area contributed by atoms with E-state index in [9.17, 15) is 24.5 Å². The van der Waals surface area contributed by atoms with Gasteiger partial charge in [-0.05, 0) is 36.8 Å². The van der Waals surface area contributed by atoms with Crippen molar-refractivity contribution in [2.45, 2.75) is 12.8 Å². The number of nitrogens with zero attached hydrogens (tertiary/aromatic N) is 2. The van der Waals surface area contributed by atoms with E-state index in [1.807, 2.05) is 0 Å². The van der Waals surface area contributed by atoms with Crippen LogP contribution in [0, 0.1) is 10.1 Å². The van der Waals surface area contributed by atoms with Crippen molar-refractivity contribution in [3.05, 3.63) is 63.7 Å². The summed E-state index contributed by atoms with van der Waals surface area (Å²) >= 11 is 0. The molecule has 0 saturated carbocycles. The number of carbonyl (C=O) groups excluding carboxylic acids is 3. The maximum absolute atomic E-state index is 12.3. The Balaban J connectivity index is 1.66. The minimum atomic E-state index is -0.904. The first-order valence-electron chi connectivity index (χ1n) is 8.84. The van der Waals surface area contributed by atoms with Crippen molar-refractivity contribution in [3.63, 3.8) is 0 Å². The second-order valence-corrected chi connectivity index (χ2v) is 6.34. The van der Waals surface area contributed by atoms with E-state index in [1.54, 1.807) is 29.2 Å². The highest BCUT2D eigenvalue weighted by Crippen LogP contribution is 2.25. The number of esters is 1. The zero-order chi connectivity index (χ0) is 21.0. The normalized spacial score (nSPS) is 13.3. The van der Waals surface area contributed by atoms with Crippen molar-refractivity contribution in [2.24, 2.45) is 0 Å². The molecule has 29 heavy (non-hydrogen) atoms. The number of Topliss-reactive ketones (excluding diaryl/α,β-unsaturated/α-hetero) is 1. The first kappa shape index (κ1) is 20.0. The minimum Gasteiger partial charge on any atom is -0.496 e. The Labute approximate surface area is 166 Å². The van der Waals surface area contributed by atoms with Gasteiger partial charge in [-0.2, -0.15) is 0 Å². The van der Waals surface area contributed by atoms with Gasteiger partial charge in [0, 0.05) is 36.3 Å². The van der Waals surface area contributed by atoms with Crippen LogP contribution in [0.3, 0.4) is 0 Å². The molecule has 1 fully saturated rings. The van der Waals surface area contributed by atoms with E-state index in [1.165, 1.54) is 19.2 Å². The van der Waals surface area contributed by atoms with Crippen LogP contribution in [0.2, 0.25) is 0 Å². The molecule has 0 spiro atoms. The predicted octanol–water partition coefficient (Wildman–Crippen LogP) is 2.77. The average Bonchev–Trinajstić information content (AvgIpc) is 3.17. The zero-order valence-electron chi connectivity index (χ0n) is 15.6. The maximum atomic E-state index is 12.3. The number of ether oxygens (including phenoxy) is 2. The SMILES string of the molecule is COc1ccc([N+](=O)[O-])cc1C(=O)OCC(=O)c1ccc(N2CCCC2=O)cc1. The molecule has 0 N–H and O–H groups in total. The Morgan fingerprint density at radius 3 is 2.48 bits per heavy atom. The van der Waals surface area contributed by atoms with E-state index in [-0.39, 0.29) is 22.9 Å². The van der Waals surface area contributed by atoms with Crippen LogP contribution in [0.25, 0.3) is 0 Å². The molecule has 0 bridgehead atoms. The first-order valence-corrected chi connectivity index (χ1v) is 8.84. The maximum Gasteiger partial charge on any atom is 0.342 e. The predicted molar refractivity (Wildman–Crippen MR) is 102 cm³/mol. The van der Waals surface area contributed by atoms with Gasteiger partial charge in [-0.15, -0.1) is 0 Å². The van der Waals surface area contributed by atoms with Crippen LogP contribution < -0.4 is 9.64 Å². The molecule has 2 aromatic carbocycles. The first-order chi connectivity index (χ1) is 13.9. The number of carbonyl (C=O) groups is 3. The second-order valence-electron chi connectivity index (χ2n) is 6.34. The Bertz CT molecular complexity index is 969. The lowest BCUT2D eigenvalue weighted by atomic mass is 10.1. The summed E-state index contributed by atoms with van der Waals surface area (Å²) in [7, 11) is 1.32. The molecule has 1 saturated heterocycles. The zero-order valence-corrected chi connectivity index (χ0v) is 15.6. The fourth-order valence-electron chi connectivity index (χ4n) is 3.01. The third kappa shape index (κ3) is 4.40. The fourth-order valence-corrected chi connectivity index (χ4v) is 3.01. The average molecular weight is 398 g/mol. The summed E-state index contributed by atoms with van der Waals surface area (Å²) in [4.78, 5) is 48.3. The van der Waals surface area contributed by atoms with Gasteiger partial charge in [-0.3, -0.25) is 19.7 Å². The summed E-state index contributed by atoms with van der Waals surface area (Å²) in [6.07, 6.45) is 1.31. The number of rotatable bonds is 7. The lowest BCUT2D eigenvalue weighted by molar-refractivity contribution is -0.384. The molecule has 0 radical (unpaired) electrons. The quantitative estimate of drug-likeness (QED) is 0.305. The van der Waals surface area contributed by atoms with Crippen LogP contribution in [0.4, 0.5) is 11.4 Å². The van der Waals surface area contributed by atoms with Gasteiger partial charge in [0.05, 0.1) is 12.0 Å². The summed E-state index contributed by atoms with van der Waals surface area (Å²) in [5, 5.41) is 10.9. The number of benzene rings is 2. The molecule has 9 nitrogen and oxygen atoms in total. The monoisotopic (exact) mass is 398 g/mol. The van der Waals surface area contributed by atoms with Crippen LogP contribution in [0.1, 0.15) is 33.6 Å². The molecule has 0 aromatic heterocycles. The number of nitro benzene ring substituents is 1. The highest BCUT2D eigenvalue weighted by molar-refractivity contribution is 6.01. The molecule has 1 heterocycles. The van der Waals surface area contributed by atoms with Crippen molar-refractivity contribution in [3.8, 4) is 5.75 Å². The van der Waals surface area contributed by atoms with E-state index in [0.717, 1.165) is 12.5 Å². The standard InChI is InChI=1S/C20H18N2O7/c1-28-18-9-8-15(22(26)27)11-16(18)20(25)29-12-17(23)13-4-6-14(7-5-13)21-10-2-3-19(21)24/h4-9,11H,2-3,10,12H2,1H3. The van der Waals surface area contributed by atoms with Crippen molar-refractivity contribution < 1.29 is 28.8 Å². The summed E-state index contributed by atoms with van der Waals surface area (Å²) in [6, 6.07) is 9.98. The van der Waals surface area contributed by atoms with Crippen molar-refractivity contribution in [1.29, 1.82) is 0 Å². The van der Waals surface area contributed by atoms with Crippen LogP contribution in [-0.2, 0) is 9.53 Å². The summed E-state index contributed by atoms with van der Waals surface area (Å²) in [5.74, 6) is -1.20. The molecule has 150 valence electrons. The van der Waals surface area contributed by atoms with E-state index in [2.05, 4.69) is 0 Å². The Kier molecular flexibility index (Phi) is 5.87. The van der Waals surface area contributed by atoms with E-state index < -0.39 is 23.3 Å². The second kappa shape index (κ2) is 8.51. The number of amides is 1. The molecular formula is C20H18N2O7.